The molecule has 0 amide bonds. The van der Waals surface area contributed by atoms with Gasteiger partial charge in [0.1, 0.15) is 36.1 Å². The molecule has 2 aliphatic rings. The van der Waals surface area contributed by atoms with E-state index in [1.165, 1.54) is 18.3 Å². The lowest BCUT2D eigenvalue weighted by Crippen LogP contribution is -2.44. The zero-order valence-corrected chi connectivity index (χ0v) is 21.5. The number of aromatic nitrogens is 3. The summed E-state index contributed by atoms with van der Waals surface area (Å²) in [7, 11) is 0. The fourth-order valence-electron chi connectivity index (χ4n) is 4.28. The predicted molar refractivity (Wildman–Crippen MR) is 133 cm³/mol. The van der Waals surface area contributed by atoms with Gasteiger partial charge in [-0.05, 0) is 31.0 Å². The molecule has 0 aliphatic carbocycles. The molecule has 0 bridgehead atoms. The molecule has 3 aromatic rings. The zero-order chi connectivity index (χ0) is 25.1. The van der Waals surface area contributed by atoms with Crippen molar-refractivity contribution >= 4 is 33.0 Å². The second-order valence-corrected chi connectivity index (χ2v) is 10.2. The van der Waals surface area contributed by atoms with E-state index in [1.54, 1.807) is 23.5 Å². The van der Waals surface area contributed by atoms with Crippen molar-refractivity contribution < 1.29 is 19.1 Å². The van der Waals surface area contributed by atoms with Crippen LogP contribution in [0.2, 0.25) is 0 Å². The molecule has 5 rings (SSSR count). The lowest BCUT2D eigenvalue weighted by Gasteiger charge is -2.34. The van der Waals surface area contributed by atoms with Gasteiger partial charge < -0.3 is 14.7 Å². The maximum Gasteiger partial charge on any atom is 0.317 e. The Labute approximate surface area is 219 Å². The molecule has 12 heteroatoms. The number of likely N-dealkylation sites (tertiary alicyclic amines) is 1. The van der Waals surface area contributed by atoms with Gasteiger partial charge in [-0.1, -0.05) is 27.2 Å². The van der Waals surface area contributed by atoms with Gasteiger partial charge in [-0.3, -0.25) is 4.90 Å². The molecule has 2 unspecified atom stereocenters. The van der Waals surface area contributed by atoms with Crippen LogP contribution in [0.15, 0.2) is 45.5 Å². The van der Waals surface area contributed by atoms with Crippen LogP contribution in [0.25, 0.3) is 0 Å². The Hall–Kier alpha value is -2.98. The van der Waals surface area contributed by atoms with Gasteiger partial charge in [0.25, 0.3) is 0 Å². The van der Waals surface area contributed by atoms with Crippen molar-refractivity contribution in [3.8, 4) is 12.1 Å². The summed E-state index contributed by atoms with van der Waals surface area (Å²) in [6, 6.07) is 8.34. The van der Waals surface area contributed by atoms with E-state index in [0.717, 1.165) is 23.5 Å². The third-order valence-electron chi connectivity index (χ3n) is 6.22. The number of nitrogens with zero attached hydrogens (tertiary/aromatic N) is 6. The number of aliphatic hydroxyl groups excluding tert-OH is 1. The molecular weight excluding hydrogens is 551 g/mol. The van der Waals surface area contributed by atoms with E-state index in [1.807, 2.05) is 16.3 Å². The Kier molecular flexibility index (Phi) is 7.52. The quantitative estimate of drug-likeness (QED) is 0.448. The largest absolute Gasteiger partial charge is 0.459 e. The highest BCUT2D eigenvalue weighted by atomic mass is 79.9. The van der Waals surface area contributed by atoms with Crippen LogP contribution in [-0.4, -0.2) is 56.6 Å². The highest BCUT2D eigenvalue weighted by Gasteiger charge is 2.31. The molecule has 9 nitrogen and oxygen atoms in total. The van der Waals surface area contributed by atoms with Gasteiger partial charge in [0.05, 0.1) is 10.7 Å². The van der Waals surface area contributed by atoms with Gasteiger partial charge >= 0.3 is 6.01 Å². The van der Waals surface area contributed by atoms with E-state index in [4.69, 9.17) is 19.8 Å². The molecule has 0 radical (unpaired) electrons. The van der Waals surface area contributed by atoms with Crippen molar-refractivity contribution in [2.24, 2.45) is 5.16 Å². The Morgan fingerprint density at radius 2 is 2.14 bits per heavy atom. The number of piperidine rings is 1. The van der Waals surface area contributed by atoms with Gasteiger partial charge in [0.15, 0.2) is 6.10 Å². The minimum atomic E-state index is -0.799. The van der Waals surface area contributed by atoms with Crippen LogP contribution in [0, 0.1) is 17.1 Å². The van der Waals surface area contributed by atoms with Gasteiger partial charge in [-0.15, -0.1) is 11.3 Å². The number of halogens is 2. The van der Waals surface area contributed by atoms with Crippen LogP contribution >= 0.6 is 27.3 Å². The average molecular weight is 573 g/mol. The van der Waals surface area contributed by atoms with Crippen molar-refractivity contribution in [3.63, 3.8) is 0 Å². The predicted octanol–water partition coefficient (Wildman–Crippen LogP) is 4.15. The molecule has 1 aromatic carbocycles. The molecule has 0 spiro atoms. The second-order valence-electron chi connectivity index (χ2n) is 8.48. The van der Waals surface area contributed by atoms with E-state index in [9.17, 15) is 9.50 Å². The molecule has 1 fully saturated rings. The number of nitriles is 1. The Morgan fingerprint density at radius 3 is 2.92 bits per heavy atom. The third-order valence-corrected chi connectivity index (χ3v) is 7.92. The van der Waals surface area contributed by atoms with Crippen LogP contribution < -0.4 is 4.74 Å². The van der Waals surface area contributed by atoms with Crippen molar-refractivity contribution in [2.45, 2.75) is 37.5 Å². The van der Waals surface area contributed by atoms with Gasteiger partial charge in [0, 0.05) is 47.0 Å². The summed E-state index contributed by atoms with van der Waals surface area (Å²) in [6.07, 6.45) is 2.31. The minimum absolute atomic E-state index is 0.0140. The maximum atomic E-state index is 14.3. The summed E-state index contributed by atoms with van der Waals surface area (Å²) in [5.74, 6) is -0.0458. The monoisotopic (exact) mass is 572 g/mol. The number of rotatable bonds is 7. The molecule has 2 aromatic heterocycles. The summed E-state index contributed by atoms with van der Waals surface area (Å²) in [6.45, 7) is 1.40. The average Bonchev–Trinajstić information content (AvgIpc) is 3.58. The SMILES string of the molecule is N#Cc1ccnc(OCC(O)N2CCC(c3nc(C4=NOC(c5c(F)cccc5Br)C4)cs3)CC2)n1. The molecule has 4 heterocycles. The first-order valence-electron chi connectivity index (χ1n) is 11.4. The maximum absolute atomic E-state index is 14.3. The molecule has 2 atom stereocenters. The van der Waals surface area contributed by atoms with E-state index < -0.39 is 12.3 Å². The van der Waals surface area contributed by atoms with Crippen LogP contribution in [0.3, 0.4) is 0 Å². The molecular formula is C24H22BrFN6O3S. The number of ether oxygens (including phenoxy) is 1. The van der Waals surface area contributed by atoms with Crippen molar-refractivity contribution in [2.75, 3.05) is 19.7 Å². The topological polar surface area (TPSA) is 117 Å². The number of aliphatic hydroxyl groups is 1. The molecule has 36 heavy (non-hydrogen) atoms. The standard InChI is InChI=1S/C24H22BrFN6O3S/c25-16-2-1-3-17(26)22(16)20-10-18(31-35-20)19-13-36-23(30-19)14-5-8-32(9-6-14)21(33)12-34-24-28-7-4-15(11-27)29-24/h1-4,7,13-14,20-21,33H,5-6,8-10,12H2. The lowest BCUT2D eigenvalue weighted by atomic mass is 9.97. The second kappa shape index (κ2) is 11.0. The highest BCUT2D eigenvalue weighted by Crippen LogP contribution is 2.37. The first kappa shape index (κ1) is 24.7. The van der Waals surface area contributed by atoms with Crippen LogP contribution in [0.4, 0.5) is 4.39 Å². The van der Waals surface area contributed by atoms with Gasteiger partial charge in [-0.2, -0.15) is 10.2 Å². The normalized spacial score (nSPS) is 19.4. The zero-order valence-electron chi connectivity index (χ0n) is 19.0. The first-order valence-corrected chi connectivity index (χ1v) is 13.1. The lowest BCUT2D eigenvalue weighted by molar-refractivity contribution is -0.0408. The Balaban J connectivity index is 1.13. The third kappa shape index (κ3) is 5.39. The fourth-order valence-corrected chi connectivity index (χ4v) is 5.88. The van der Waals surface area contributed by atoms with Crippen molar-refractivity contribution in [1.29, 1.82) is 5.26 Å². The summed E-state index contributed by atoms with van der Waals surface area (Å²) < 4.78 is 20.4. The van der Waals surface area contributed by atoms with Crippen molar-refractivity contribution in [1.82, 2.24) is 19.9 Å². The van der Waals surface area contributed by atoms with Crippen LogP contribution in [0.1, 0.15) is 53.2 Å². The molecule has 186 valence electrons. The van der Waals surface area contributed by atoms with Gasteiger partial charge in [-0.25, -0.2) is 14.4 Å². The van der Waals surface area contributed by atoms with E-state index in [-0.39, 0.29) is 30.0 Å². The summed E-state index contributed by atoms with van der Waals surface area (Å²) >= 11 is 4.99. The van der Waals surface area contributed by atoms with Gasteiger partial charge in [0.2, 0.25) is 0 Å². The highest BCUT2D eigenvalue weighted by molar-refractivity contribution is 9.10. The molecule has 1 N–H and O–H groups in total. The first-order chi connectivity index (χ1) is 17.5. The number of thiazole rings is 1. The van der Waals surface area contributed by atoms with Crippen LogP contribution in [0.5, 0.6) is 6.01 Å². The van der Waals surface area contributed by atoms with E-state index in [0.29, 0.717) is 35.3 Å². The molecule has 0 saturated carbocycles. The number of hydrogen-bond donors (Lipinski definition) is 1. The number of benzene rings is 1. The smallest absolute Gasteiger partial charge is 0.317 e. The van der Waals surface area contributed by atoms with Crippen LogP contribution in [-0.2, 0) is 4.84 Å². The summed E-state index contributed by atoms with van der Waals surface area (Å²) in [4.78, 5) is 20.2. The van der Waals surface area contributed by atoms with Crippen molar-refractivity contribution in [3.05, 3.63) is 68.1 Å². The number of oxime groups is 1. The summed E-state index contributed by atoms with van der Waals surface area (Å²) in [5.41, 5.74) is 2.15. The number of hydrogen-bond acceptors (Lipinski definition) is 10. The minimum Gasteiger partial charge on any atom is -0.459 e. The van der Waals surface area contributed by atoms with E-state index >= 15 is 0 Å². The molecule has 2 aliphatic heterocycles. The molecule has 1 saturated heterocycles. The Morgan fingerprint density at radius 1 is 1.31 bits per heavy atom. The Bertz CT molecular complexity index is 1290. The van der Waals surface area contributed by atoms with E-state index in [2.05, 4.69) is 31.1 Å². The summed E-state index contributed by atoms with van der Waals surface area (Å²) in [5, 5.41) is 26.6. The fraction of sp³-hybridized carbons (Fsp3) is 0.375.